The van der Waals surface area contributed by atoms with Crippen molar-refractivity contribution >= 4 is 21.7 Å². The Morgan fingerprint density at radius 3 is 2.50 bits per heavy atom. The molecule has 0 spiro atoms. The number of hydrogen-bond acceptors (Lipinski definition) is 3. The number of carbonyl (C=O) groups is 1. The SMILES string of the molecule is O=C(CBr)c1ccc(OC(F)(F)F)cc1O. The molecule has 0 fully saturated rings. The number of Topliss-reactive ketones (excluding diaryl/α,β-unsaturated/α-hetero) is 1. The third kappa shape index (κ3) is 3.41. The summed E-state index contributed by atoms with van der Waals surface area (Å²) in [6.07, 6.45) is -4.83. The number of phenols is 1. The molecule has 3 nitrogen and oxygen atoms in total. The maximum atomic E-state index is 11.8. The van der Waals surface area contributed by atoms with E-state index in [-0.39, 0.29) is 10.9 Å². The zero-order chi connectivity index (χ0) is 12.3. The van der Waals surface area contributed by atoms with Gasteiger partial charge in [-0.2, -0.15) is 0 Å². The summed E-state index contributed by atoms with van der Waals surface area (Å²) >= 11 is 2.88. The van der Waals surface area contributed by atoms with Gasteiger partial charge in [-0.15, -0.1) is 13.2 Å². The minimum atomic E-state index is -4.83. The van der Waals surface area contributed by atoms with Crippen molar-refractivity contribution in [3.8, 4) is 11.5 Å². The molecule has 0 aliphatic heterocycles. The van der Waals surface area contributed by atoms with Crippen LogP contribution in [0.3, 0.4) is 0 Å². The number of ether oxygens (including phenoxy) is 1. The standard InChI is InChI=1S/C9H6BrF3O3/c10-4-8(15)6-2-1-5(3-7(6)14)16-9(11,12)13/h1-3,14H,4H2. The molecule has 0 aliphatic rings. The van der Waals surface area contributed by atoms with Crippen LogP contribution >= 0.6 is 15.9 Å². The summed E-state index contributed by atoms with van der Waals surface area (Å²) < 4.78 is 39.0. The van der Waals surface area contributed by atoms with Gasteiger partial charge in [0.05, 0.1) is 10.9 Å². The highest BCUT2D eigenvalue weighted by atomic mass is 79.9. The van der Waals surface area contributed by atoms with Gasteiger partial charge in [-0.25, -0.2) is 0 Å². The van der Waals surface area contributed by atoms with E-state index in [1.807, 2.05) is 0 Å². The number of alkyl halides is 4. The van der Waals surface area contributed by atoms with Crippen molar-refractivity contribution in [2.75, 3.05) is 5.33 Å². The summed E-state index contributed by atoms with van der Waals surface area (Å²) in [5.74, 6) is -1.56. The zero-order valence-electron chi connectivity index (χ0n) is 7.71. The highest BCUT2D eigenvalue weighted by Gasteiger charge is 2.31. The first-order chi connectivity index (χ1) is 7.33. The van der Waals surface area contributed by atoms with Crippen LogP contribution in [0.4, 0.5) is 13.2 Å². The number of halogens is 4. The number of aromatic hydroxyl groups is 1. The minimum absolute atomic E-state index is 0.0277. The summed E-state index contributed by atoms with van der Waals surface area (Å²) in [6, 6.07) is 2.77. The van der Waals surface area contributed by atoms with Gasteiger partial charge >= 0.3 is 6.36 Å². The Balaban J connectivity index is 2.96. The fourth-order valence-electron chi connectivity index (χ4n) is 1.02. The second-order valence-corrected chi connectivity index (χ2v) is 3.34. The lowest BCUT2D eigenvalue weighted by atomic mass is 10.1. The zero-order valence-corrected chi connectivity index (χ0v) is 9.30. The van der Waals surface area contributed by atoms with Crippen LogP contribution in [0.25, 0.3) is 0 Å². The third-order valence-electron chi connectivity index (χ3n) is 1.62. The summed E-state index contributed by atoms with van der Waals surface area (Å²) in [5, 5.41) is 9.27. The molecule has 0 radical (unpaired) electrons. The molecular weight excluding hydrogens is 293 g/mol. The number of rotatable bonds is 3. The average molecular weight is 299 g/mol. The Morgan fingerprint density at radius 1 is 1.44 bits per heavy atom. The molecule has 16 heavy (non-hydrogen) atoms. The molecule has 0 heterocycles. The van der Waals surface area contributed by atoms with E-state index in [9.17, 15) is 23.1 Å². The Kier molecular flexibility index (Phi) is 3.79. The largest absolute Gasteiger partial charge is 0.573 e. The van der Waals surface area contributed by atoms with Crippen LogP contribution in [-0.2, 0) is 0 Å². The fraction of sp³-hybridized carbons (Fsp3) is 0.222. The van der Waals surface area contributed by atoms with Crippen molar-refractivity contribution in [1.82, 2.24) is 0 Å². The van der Waals surface area contributed by atoms with Crippen molar-refractivity contribution < 1.29 is 27.8 Å². The monoisotopic (exact) mass is 298 g/mol. The van der Waals surface area contributed by atoms with Crippen LogP contribution in [0.15, 0.2) is 18.2 Å². The van der Waals surface area contributed by atoms with Crippen molar-refractivity contribution in [2.24, 2.45) is 0 Å². The number of phenolic OH excluding ortho intramolecular Hbond substituents is 1. The van der Waals surface area contributed by atoms with Gasteiger partial charge in [0.2, 0.25) is 0 Å². The Labute approximate surface area is 97.0 Å². The summed E-state index contributed by atoms with van der Waals surface area (Å²) in [4.78, 5) is 11.2. The molecule has 0 aliphatic carbocycles. The first-order valence-electron chi connectivity index (χ1n) is 4.01. The van der Waals surface area contributed by atoms with E-state index < -0.39 is 23.6 Å². The topological polar surface area (TPSA) is 46.5 Å². The lowest BCUT2D eigenvalue weighted by Gasteiger charge is -2.09. The molecule has 1 N–H and O–H groups in total. The van der Waals surface area contributed by atoms with E-state index >= 15 is 0 Å². The lowest BCUT2D eigenvalue weighted by molar-refractivity contribution is -0.274. The van der Waals surface area contributed by atoms with E-state index in [0.29, 0.717) is 0 Å². The van der Waals surface area contributed by atoms with Crippen molar-refractivity contribution in [2.45, 2.75) is 6.36 Å². The van der Waals surface area contributed by atoms with Crippen LogP contribution in [-0.4, -0.2) is 22.6 Å². The van der Waals surface area contributed by atoms with E-state index in [1.165, 1.54) is 0 Å². The van der Waals surface area contributed by atoms with Gasteiger partial charge in [0, 0.05) is 6.07 Å². The van der Waals surface area contributed by atoms with Crippen LogP contribution < -0.4 is 4.74 Å². The first kappa shape index (κ1) is 12.8. The van der Waals surface area contributed by atoms with E-state index in [0.717, 1.165) is 18.2 Å². The molecule has 0 amide bonds. The van der Waals surface area contributed by atoms with E-state index in [2.05, 4.69) is 20.7 Å². The number of carbonyl (C=O) groups excluding carboxylic acids is 1. The van der Waals surface area contributed by atoms with Crippen molar-refractivity contribution in [3.05, 3.63) is 23.8 Å². The average Bonchev–Trinajstić information content (AvgIpc) is 2.14. The molecule has 1 aromatic rings. The predicted octanol–water partition coefficient (Wildman–Crippen LogP) is 2.87. The molecular formula is C9H6BrF3O3. The smallest absolute Gasteiger partial charge is 0.507 e. The third-order valence-corrected chi connectivity index (χ3v) is 2.13. The quantitative estimate of drug-likeness (QED) is 0.689. The van der Waals surface area contributed by atoms with Gasteiger partial charge in [0.1, 0.15) is 11.5 Å². The summed E-state index contributed by atoms with van der Waals surface area (Å²) in [6.45, 7) is 0. The van der Waals surface area contributed by atoms with Gasteiger partial charge in [0.15, 0.2) is 5.78 Å². The molecule has 0 atom stereocenters. The highest BCUT2D eigenvalue weighted by Crippen LogP contribution is 2.28. The predicted molar refractivity (Wildman–Crippen MR) is 52.9 cm³/mol. The van der Waals surface area contributed by atoms with Gasteiger partial charge in [-0.05, 0) is 12.1 Å². The Morgan fingerprint density at radius 2 is 2.06 bits per heavy atom. The molecule has 88 valence electrons. The molecule has 0 bridgehead atoms. The summed E-state index contributed by atoms with van der Waals surface area (Å²) in [7, 11) is 0. The maximum absolute atomic E-state index is 11.8. The second-order valence-electron chi connectivity index (χ2n) is 2.78. The van der Waals surface area contributed by atoms with Crippen molar-refractivity contribution in [1.29, 1.82) is 0 Å². The normalized spacial score (nSPS) is 11.2. The van der Waals surface area contributed by atoms with Gasteiger partial charge in [-0.1, -0.05) is 15.9 Å². The molecule has 1 aromatic carbocycles. The summed E-state index contributed by atoms with van der Waals surface area (Å²) in [5.41, 5.74) is -0.0635. The Hall–Kier alpha value is -1.24. The van der Waals surface area contributed by atoms with Gasteiger partial charge in [-0.3, -0.25) is 4.79 Å². The van der Waals surface area contributed by atoms with E-state index in [4.69, 9.17) is 0 Å². The van der Waals surface area contributed by atoms with Crippen LogP contribution in [0.2, 0.25) is 0 Å². The number of benzene rings is 1. The first-order valence-corrected chi connectivity index (χ1v) is 5.13. The molecule has 0 saturated heterocycles. The fourth-order valence-corrected chi connectivity index (χ4v) is 1.32. The molecule has 0 aromatic heterocycles. The highest BCUT2D eigenvalue weighted by molar-refractivity contribution is 9.09. The molecule has 7 heteroatoms. The molecule has 0 saturated carbocycles. The number of ketones is 1. The molecule has 1 rings (SSSR count). The Bertz CT molecular complexity index is 403. The number of hydrogen-bond donors (Lipinski definition) is 1. The maximum Gasteiger partial charge on any atom is 0.573 e. The van der Waals surface area contributed by atoms with Crippen LogP contribution in [0, 0.1) is 0 Å². The lowest BCUT2D eigenvalue weighted by Crippen LogP contribution is -2.17. The van der Waals surface area contributed by atoms with Crippen LogP contribution in [0.5, 0.6) is 11.5 Å². The van der Waals surface area contributed by atoms with Gasteiger partial charge < -0.3 is 9.84 Å². The van der Waals surface area contributed by atoms with Crippen LogP contribution in [0.1, 0.15) is 10.4 Å². The van der Waals surface area contributed by atoms with Crippen molar-refractivity contribution in [3.63, 3.8) is 0 Å². The van der Waals surface area contributed by atoms with E-state index in [1.54, 1.807) is 0 Å². The second kappa shape index (κ2) is 4.73. The molecule has 0 unspecified atom stereocenters. The van der Waals surface area contributed by atoms with Gasteiger partial charge in [0.25, 0.3) is 0 Å². The minimum Gasteiger partial charge on any atom is -0.507 e.